The summed E-state index contributed by atoms with van der Waals surface area (Å²) in [5.41, 5.74) is 1.03. The van der Waals surface area contributed by atoms with Gasteiger partial charge in [-0.1, -0.05) is 23.2 Å². The molecule has 88 valence electrons. The Morgan fingerprint density at radius 3 is 2.22 bits per heavy atom. The number of carbonyl (C=O) groups excluding carboxylic acids is 1. The molecule has 0 spiro atoms. The number of allylic oxidation sites excluding steroid dienone is 4. The number of halogens is 2. The number of ketones is 1. The Balaban J connectivity index is 0.00000162. The third-order valence-corrected chi connectivity index (χ3v) is 2.98. The van der Waals surface area contributed by atoms with E-state index in [1.165, 1.54) is 24.3 Å². The molecule has 0 atom stereocenters. The number of phenolic OH excluding ortho intramolecular Hbond substituents is 1. The zero-order valence-electron chi connectivity index (χ0n) is 8.52. The SMILES string of the molecule is O=C1C=CC(=Nc2ccc(O)cc2)C(Cl)=C1Cl.[NaH]. The van der Waals surface area contributed by atoms with Crippen LogP contribution in [0.1, 0.15) is 0 Å². The van der Waals surface area contributed by atoms with Gasteiger partial charge in [0, 0.05) is 0 Å². The van der Waals surface area contributed by atoms with Crippen LogP contribution in [-0.2, 0) is 4.79 Å². The molecule has 0 unspecified atom stereocenters. The molecule has 6 heteroatoms. The quantitative estimate of drug-likeness (QED) is 0.639. The van der Waals surface area contributed by atoms with E-state index in [9.17, 15) is 4.79 Å². The van der Waals surface area contributed by atoms with Gasteiger partial charge in [-0.2, -0.15) is 0 Å². The van der Waals surface area contributed by atoms with E-state index in [2.05, 4.69) is 4.99 Å². The molecule has 0 radical (unpaired) electrons. The second-order valence-corrected chi connectivity index (χ2v) is 4.09. The molecular weight excluding hydrogens is 284 g/mol. The predicted octanol–water partition coefficient (Wildman–Crippen LogP) is 2.64. The molecule has 1 aliphatic rings. The summed E-state index contributed by atoms with van der Waals surface area (Å²) < 4.78 is 0. The monoisotopic (exact) mass is 291 g/mol. The zero-order valence-corrected chi connectivity index (χ0v) is 10.0. The summed E-state index contributed by atoms with van der Waals surface area (Å²) in [5, 5.41) is 9.22. The van der Waals surface area contributed by atoms with Crippen molar-refractivity contribution in [2.75, 3.05) is 0 Å². The summed E-state index contributed by atoms with van der Waals surface area (Å²) in [6.45, 7) is 0. The molecule has 2 rings (SSSR count). The van der Waals surface area contributed by atoms with Crippen LogP contribution in [0.25, 0.3) is 0 Å². The van der Waals surface area contributed by atoms with E-state index in [0.29, 0.717) is 11.4 Å². The first-order chi connectivity index (χ1) is 8.08. The number of rotatable bonds is 1. The molecule has 0 heterocycles. The van der Waals surface area contributed by atoms with Crippen LogP contribution in [-0.4, -0.2) is 46.2 Å². The molecule has 1 N–H and O–H groups in total. The Hall–Kier alpha value is -0.580. The maximum absolute atomic E-state index is 11.2. The van der Waals surface area contributed by atoms with Gasteiger partial charge in [0.25, 0.3) is 0 Å². The molecule has 1 aromatic carbocycles. The minimum atomic E-state index is -0.332. The summed E-state index contributed by atoms with van der Waals surface area (Å²) in [5.74, 6) is -0.177. The van der Waals surface area contributed by atoms with Crippen LogP contribution in [0.15, 0.2) is 51.5 Å². The van der Waals surface area contributed by atoms with Crippen molar-refractivity contribution >= 4 is 69.9 Å². The predicted molar refractivity (Wildman–Crippen MR) is 75.2 cm³/mol. The number of carbonyl (C=O) groups is 1. The summed E-state index contributed by atoms with van der Waals surface area (Å²) in [7, 11) is 0. The Bertz CT molecular complexity index is 562. The fourth-order valence-corrected chi connectivity index (χ4v) is 1.63. The summed E-state index contributed by atoms with van der Waals surface area (Å²) >= 11 is 11.6. The van der Waals surface area contributed by atoms with E-state index in [4.69, 9.17) is 28.3 Å². The van der Waals surface area contributed by atoms with Gasteiger partial charge in [-0.15, -0.1) is 0 Å². The van der Waals surface area contributed by atoms with Crippen molar-refractivity contribution < 1.29 is 9.90 Å². The van der Waals surface area contributed by atoms with Crippen LogP contribution < -0.4 is 0 Å². The molecule has 0 amide bonds. The Labute approximate surface area is 136 Å². The number of aliphatic imine (C=N–C) groups is 1. The molecule has 18 heavy (non-hydrogen) atoms. The van der Waals surface area contributed by atoms with Crippen LogP contribution in [0.2, 0.25) is 0 Å². The van der Waals surface area contributed by atoms with Gasteiger partial charge in [0.05, 0.1) is 16.4 Å². The van der Waals surface area contributed by atoms with E-state index in [1.807, 2.05) is 0 Å². The van der Waals surface area contributed by atoms with E-state index in [-0.39, 0.29) is 51.2 Å². The molecule has 3 nitrogen and oxygen atoms in total. The van der Waals surface area contributed by atoms with Gasteiger partial charge >= 0.3 is 29.6 Å². The standard InChI is InChI=1S/C12H7Cl2NO2.Na.H/c13-11-9(5-6-10(17)12(11)14)15-7-1-3-8(16)4-2-7;;/h1-6,16H;;. The van der Waals surface area contributed by atoms with Gasteiger partial charge in [-0.25, -0.2) is 4.99 Å². The molecule has 0 saturated carbocycles. The minimum absolute atomic E-state index is 0. The summed E-state index contributed by atoms with van der Waals surface area (Å²) in [6.07, 6.45) is 2.82. The number of phenols is 1. The molecular formula is C12H8Cl2NNaO2. The number of hydrogen-bond acceptors (Lipinski definition) is 3. The molecule has 0 aromatic heterocycles. The average molecular weight is 292 g/mol. The van der Waals surface area contributed by atoms with Gasteiger partial charge in [0.15, 0.2) is 5.78 Å². The maximum atomic E-state index is 11.2. The van der Waals surface area contributed by atoms with Crippen molar-refractivity contribution in [1.82, 2.24) is 0 Å². The molecule has 1 aliphatic carbocycles. The molecule has 0 aliphatic heterocycles. The van der Waals surface area contributed by atoms with Crippen LogP contribution >= 0.6 is 23.2 Å². The third-order valence-electron chi connectivity index (χ3n) is 2.13. The first-order valence-corrected chi connectivity index (χ1v) is 5.49. The Kier molecular flexibility index (Phi) is 5.63. The van der Waals surface area contributed by atoms with Crippen molar-refractivity contribution in [3.8, 4) is 5.75 Å². The summed E-state index contributed by atoms with van der Waals surface area (Å²) in [4.78, 5) is 15.4. The van der Waals surface area contributed by atoms with Gasteiger partial charge in [0.2, 0.25) is 0 Å². The van der Waals surface area contributed by atoms with Crippen LogP contribution in [0.3, 0.4) is 0 Å². The number of aromatic hydroxyl groups is 1. The zero-order chi connectivity index (χ0) is 12.4. The van der Waals surface area contributed by atoms with Crippen LogP contribution in [0, 0.1) is 0 Å². The van der Waals surface area contributed by atoms with E-state index < -0.39 is 0 Å². The van der Waals surface area contributed by atoms with Crippen molar-refractivity contribution in [3.63, 3.8) is 0 Å². The number of hydrogen-bond donors (Lipinski definition) is 1. The third kappa shape index (κ3) is 3.46. The second-order valence-electron chi connectivity index (χ2n) is 3.34. The normalized spacial score (nSPS) is 17.0. The van der Waals surface area contributed by atoms with E-state index >= 15 is 0 Å². The second kappa shape index (κ2) is 6.55. The molecule has 0 fully saturated rings. The van der Waals surface area contributed by atoms with Gasteiger partial charge in [-0.05, 0) is 36.4 Å². The first kappa shape index (κ1) is 15.5. The van der Waals surface area contributed by atoms with Crippen molar-refractivity contribution in [1.29, 1.82) is 0 Å². The first-order valence-electron chi connectivity index (χ1n) is 4.73. The van der Waals surface area contributed by atoms with E-state index in [0.717, 1.165) is 0 Å². The van der Waals surface area contributed by atoms with Gasteiger partial charge in [-0.3, -0.25) is 4.79 Å². The fourth-order valence-electron chi connectivity index (χ4n) is 1.27. The van der Waals surface area contributed by atoms with Crippen LogP contribution in [0.4, 0.5) is 5.69 Å². The Morgan fingerprint density at radius 1 is 1.00 bits per heavy atom. The average Bonchev–Trinajstić information content (AvgIpc) is 2.33. The summed E-state index contributed by atoms with van der Waals surface area (Å²) in [6, 6.07) is 6.28. The van der Waals surface area contributed by atoms with Crippen molar-refractivity contribution in [2.45, 2.75) is 0 Å². The van der Waals surface area contributed by atoms with Gasteiger partial charge in [0.1, 0.15) is 10.8 Å². The number of benzene rings is 1. The van der Waals surface area contributed by atoms with Crippen molar-refractivity contribution in [3.05, 3.63) is 46.5 Å². The van der Waals surface area contributed by atoms with Crippen molar-refractivity contribution in [2.24, 2.45) is 4.99 Å². The molecule has 0 bridgehead atoms. The molecule has 0 saturated heterocycles. The molecule has 1 aromatic rings. The number of nitrogens with zero attached hydrogens (tertiary/aromatic N) is 1. The topological polar surface area (TPSA) is 49.7 Å². The fraction of sp³-hybridized carbons (Fsp3) is 0. The van der Waals surface area contributed by atoms with Crippen LogP contribution in [0.5, 0.6) is 5.75 Å². The Morgan fingerprint density at radius 2 is 1.61 bits per heavy atom. The van der Waals surface area contributed by atoms with E-state index in [1.54, 1.807) is 12.1 Å². The van der Waals surface area contributed by atoms with Gasteiger partial charge < -0.3 is 5.11 Å².